The predicted octanol–water partition coefficient (Wildman–Crippen LogP) is 0.655. The Morgan fingerprint density at radius 1 is 1.23 bits per heavy atom. The summed E-state index contributed by atoms with van der Waals surface area (Å²) in [5.41, 5.74) is 2.10. The highest BCUT2D eigenvalue weighted by Crippen LogP contribution is 2.11. The Kier molecular flexibility index (Phi) is 5.95. The van der Waals surface area contributed by atoms with Crippen molar-refractivity contribution in [3.63, 3.8) is 0 Å². The van der Waals surface area contributed by atoms with Crippen molar-refractivity contribution in [1.29, 1.82) is 0 Å². The summed E-state index contributed by atoms with van der Waals surface area (Å²) in [7, 11) is 1.43. The molecule has 120 valence electrons. The topological polar surface area (TPSA) is 59.8 Å². The number of nitrogens with one attached hydrogen (secondary N) is 2. The number of ether oxygens (including phenoxy) is 1. The number of methoxy groups -OCH3 is 1. The van der Waals surface area contributed by atoms with E-state index < -0.39 is 0 Å². The van der Waals surface area contributed by atoms with Gasteiger partial charge in [-0.3, -0.25) is 9.59 Å². The van der Waals surface area contributed by atoms with Gasteiger partial charge in [-0.1, -0.05) is 19.1 Å². The molecule has 1 amide bonds. The third-order valence-electron chi connectivity index (χ3n) is 4.28. The first-order chi connectivity index (χ1) is 10.6. The quantitative estimate of drug-likeness (QED) is 0.786. The Hall–Kier alpha value is -1.88. The lowest BCUT2D eigenvalue weighted by atomic mass is 9.97. The van der Waals surface area contributed by atoms with Crippen molar-refractivity contribution in [3.8, 4) is 0 Å². The Balaban J connectivity index is 1.77. The van der Waals surface area contributed by atoms with Gasteiger partial charge in [0, 0.05) is 18.5 Å². The Morgan fingerprint density at radius 2 is 1.86 bits per heavy atom. The van der Waals surface area contributed by atoms with E-state index in [1.54, 1.807) is 0 Å². The standard InChI is InChI=1S/C17H24N2O3/c1-3-13-4-6-15(7-5-13)18-16(20)12-19-10-8-14(9-11-19)17(21)22-2/h4-7,14H,3,8-12H2,1-2H3,(H,18,20)/p+1. The second-order valence-corrected chi connectivity index (χ2v) is 5.82. The van der Waals surface area contributed by atoms with E-state index in [0.29, 0.717) is 6.54 Å². The molecule has 1 aliphatic heterocycles. The average molecular weight is 305 g/mol. The van der Waals surface area contributed by atoms with Crippen molar-refractivity contribution in [2.45, 2.75) is 26.2 Å². The van der Waals surface area contributed by atoms with Crippen molar-refractivity contribution in [3.05, 3.63) is 29.8 Å². The van der Waals surface area contributed by atoms with Crippen molar-refractivity contribution in [1.82, 2.24) is 0 Å². The normalized spacial score (nSPS) is 21.2. The zero-order valence-corrected chi connectivity index (χ0v) is 13.4. The molecule has 1 aliphatic rings. The van der Waals surface area contributed by atoms with Gasteiger partial charge in [0.2, 0.25) is 0 Å². The Labute approximate surface area is 131 Å². The van der Waals surface area contributed by atoms with Crippen LogP contribution in [0, 0.1) is 5.92 Å². The van der Waals surface area contributed by atoms with E-state index in [4.69, 9.17) is 4.74 Å². The highest BCUT2D eigenvalue weighted by atomic mass is 16.5. The highest BCUT2D eigenvalue weighted by Gasteiger charge is 2.28. The average Bonchev–Trinajstić information content (AvgIpc) is 2.55. The molecule has 0 aromatic heterocycles. The molecule has 2 rings (SSSR count). The summed E-state index contributed by atoms with van der Waals surface area (Å²) >= 11 is 0. The number of amides is 1. The van der Waals surface area contributed by atoms with E-state index in [9.17, 15) is 9.59 Å². The minimum Gasteiger partial charge on any atom is -0.469 e. The zero-order chi connectivity index (χ0) is 15.9. The first-order valence-corrected chi connectivity index (χ1v) is 7.92. The smallest absolute Gasteiger partial charge is 0.309 e. The molecular weight excluding hydrogens is 280 g/mol. The van der Waals surface area contributed by atoms with E-state index in [1.165, 1.54) is 17.6 Å². The summed E-state index contributed by atoms with van der Waals surface area (Å²) in [4.78, 5) is 24.8. The summed E-state index contributed by atoms with van der Waals surface area (Å²) in [5.74, 6) is -0.103. The summed E-state index contributed by atoms with van der Waals surface area (Å²) in [6.45, 7) is 4.22. The van der Waals surface area contributed by atoms with Gasteiger partial charge in [-0.05, 0) is 24.1 Å². The van der Waals surface area contributed by atoms with Crippen LogP contribution in [0.5, 0.6) is 0 Å². The fraction of sp³-hybridized carbons (Fsp3) is 0.529. The first kappa shape index (κ1) is 16.5. The van der Waals surface area contributed by atoms with E-state index >= 15 is 0 Å². The minimum absolute atomic E-state index is 0.00148. The van der Waals surface area contributed by atoms with Gasteiger partial charge < -0.3 is 15.0 Å². The van der Waals surface area contributed by atoms with Crippen molar-refractivity contribution >= 4 is 17.6 Å². The molecule has 5 nitrogen and oxygen atoms in total. The maximum atomic E-state index is 12.1. The number of benzene rings is 1. The van der Waals surface area contributed by atoms with Crippen LogP contribution in [-0.2, 0) is 20.7 Å². The van der Waals surface area contributed by atoms with Gasteiger partial charge in [-0.25, -0.2) is 0 Å². The summed E-state index contributed by atoms with van der Waals surface area (Å²) in [6.07, 6.45) is 2.58. The van der Waals surface area contributed by atoms with Gasteiger partial charge >= 0.3 is 5.97 Å². The van der Waals surface area contributed by atoms with E-state index in [0.717, 1.165) is 38.0 Å². The molecule has 0 aliphatic carbocycles. The van der Waals surface area contributed by atoms with Gasteiger partial charge in [0.15, 0.2) is 6.54 Å². The van der Waals surface area contributed by atoms with Crippen LogP contribution in [0.2, 0.25) is 0 Å². The molecule has 2 N–H and O–H groups in total. The van der Waals surface area contributed by atoms with Crippen molar-refractivity contribution < 1.29 is 19.2 Å². The van der Waals surface area contributed by atoms with E-state index in [2.05, 4.69) is 12.2 Å². The third-order valence-corrected chi connectivity index (χ3v) is 4.28. The number of hydrogen-bond acceptors (Lipinski definition) is 3. The molecule has 1 aromatic rings. The first-order valence-electron chi connectivity index (χ1n) is 7.92. The SMILES string of the molecule is CCc1ccc(NC(=O)C[NH+]2CCC(C(=O)OC)CC2)cc1. The molecule has 0 bridgehead atoms. The van der Waals surface area contributed by atoms with Crippen LogP contribution in [0.25, 0.3) is 0 Å². The van der Waals surface area contributed by atoms with Gasteiger partial charge in [0.25, 0.3) is 5.91 Å². The molecule has 0 saturated carbocycles. The molecule has 1 heterocycles. The van der Waals surface area contributed by atoms with Gasteiger partial charge in [0.1, 0.15) is 0 Å². The van der Waals surface area contributed by atoms with Crippen LogP contribution in [0.4, 0.5) is 5.69 Å². The number of carbonyl (C=O) groups is 2. The minimum atomic E-state index is -0.125. The molecule has 1 fully saturated rings. The fourth-order valence-corrected chi connectivity index (χ4v) is 2.86. The molecule has 0 radical (unpaired) electrons. The molecule has 0 unspecified atom stereocenters. The lowest BCUT2D eigenvalue weighted by molar-refractivity contribution is -0.897. The van der Waals surface area contributed by atoms with Crippen LogP contribution < -0.4 is 10.2 Å². The largest absolute Gasteiger partial charge is 0.469 e. The maximum absolute atomic E-state index is 12.1. The third kappa shape index (κ3) is 4.56. The number of esters is 1. The predicted molar refractivity (Wildman–Crippen MR) is 84.8 cm³/mol. The Morgan fingerprint density at radius 3 is 2.41 bits per heavy atom. The number of rotatable bonds is 5. The molecule has 22 heavy (non-hydrogen) atoms. The van der Waals surface area contributed by atoms with Crippen LogP contribution >= 0.6 is 0 Å². The zero-order valence-electron chi connectivity index (χ0n) is 13.4. The number of anilines is 1. The van der Waals surface area contributed by atoms with Crippen LogP contribution in [0.1, 0.15) is 25.3 Å². The summed E-state index contributed by atoms with van der Waals surface area (Å²) in [5, 5.41) is 2.93. The number of hydrogen-bond donors (Lipinski definition) is 2. The fourth-order valence-electron chi connectivity index (χ4n) is 2.86. The molecule has 1 saturated heterocycles. The van der Waals surface area contributed by atoms with Gasteiger partial charge in [0.05, 0.1) is 26.1 Å². The molecular formula is C17H25N2O3+. The summed E-state index contributed by atoms with van der Waals surface area (Å²) in [6, 6.07) is 7.94. The van der Waals surface area contributed by atoms with Crippen molar-refractivity contribution in [2.24, 2.45) is 5.92 Å². The maximum Gasteiger partial charge on any atom is 0.309 e. The number of piperidine rings is 1. The molecule has 5 heteroatoms. The van der Waals surface area contributed by atoms with Crippen LogP contribution in [0.15, 0.2) is 24.3 Å². The lowest BCUT2D eigenvalue weighted by Gasteiger charge is -2.27. The van der Waals surface area contributed by atoms with Crippen LogP contribution in [-0.4, -0.2) is 38.6 Å². The molecule has 1 aromatic carbocycles. The monoisotopic (exact) mass is 305 g/mol. The lowest BCUT2D eigenvalue weighted by Crippen LogP contribution is -3.14. The summed E-state index contributed by atoms with van der Waals surface area (Å²) < 4.78 is 4.78. The van der Waals surface area contributed by atoms with E-state index in [1.807, 2.05) is 24.3 Å². The van der Waals surface area contributed by atoms with Gasteiger partial charge in [-0.2, -0.15) is 0 Å². The number of aryl methyl sites for hydroxylation is 1. The number of likely N-dealkylation sites (tertiary alicyclic amines) is 1. The van der Waals surface area contributed by atoms with Crippen molar-refractivity contribution in [2.75, 3.05) is 32.1 Å². The number of carbonyl (C=O) groups excluding carboxylic acids is 2. The second kappa shape index (κ2) is 7.94. The Bertz CT molecular complexity index is 505. The second-order valence-electron chi connectivity index (χ2n) is 5.82. The van der Waals surface area contributed by atoms with Crippen LogP contribution in [0.3, 0.4) is 0 Å². The molecule has 0 spiro atoms. The van der Waals surface area contributed by atoms with E-state index in [-0.39, 0.29) is 17.8 Å². The van der Waals surface area contributed by atoms with Gasteiger partial charge in [-0.15, -0.1) is 0 Å². The highest BCUT2D eigenvalue weighted by molar-refractivity contribution is 5.91. The molecule has 0 atom stereocenters. The number of quaternary nitrogens is 1.